The molecule has 1 heterocycles. The van der Waals surface area contributed by atoms with Crippen LogP contribution < -0.4 is 5.32 Å². The van der Waals surface area contributed by atoms with Crippen LogP contribution in [-0.4, -0.2) is 39.1 Å². The Labute approximate surface area is 109 Å². The highest BCUT2D eigenvalue weighted by molar-refractivity contribution is 5.98. The second-order valence-electron chi connectivity index (χ2n) is 4.05. The fraction of sp³-hybridized carbons (Fsp3) is 0.333. The van der Waals surface area contributed by atoms with E-state index in [1.165, 1.54) is 6.07 Å². The molecule has 0 spiro atoms. The SMILES string of the molecule is Cc1ccc(C(=O)NC(CC(=O)O)C(=O)O)c(C)n1. The summed E-state index contributed by atoms with van der Waals surface area (Å²) in [6.45, 7) is 3.38. The Kier molecular flexibility index (Phi) is 4.57. The zero-order valence-corrected chi connectivity index (χ0v) is 10.5. The quantitative estimate of drug-likeness (QED) is 0.708. The maximum absolute atomic E-state index is 11.9. The van der Waals surface area contributed by atoms with E-state index in [-0.39, 0.29) is 5.56 Å². The van der Waals surface area contributed by atoms with Gasteiger partial charge in [-0.05, 0) is 26.0 Å². The Balaban J connectivity index is 2.87. The molecule has 0 saturated heterocycles. The first-order valence-corrected chi connectivity index (χ1v) is 5.51. The van der Waals surface area contributed by atoms with Crippen LogP contribution in [0.5, 0.6) is 0 Å². The minimum absolute atomic E-state index is 0.224. The number of rotatable bonds is 5. The average Bonchev–Trinajstić information content (AvgIpc) is 2.26. The van der Waals surface area contributed by atoms with E-state index in [9.17, 15) is 14.4 Å². The Bertz CT molecular complexity index is 527. The average molecular weight is 266 g/mol. The Morgan fingerprint density at radius 2 is 1.89 bits per heavy atom. The van der Waals surface area contributed by atoms with E-state index in [0.717, 1.165) is 5.69 Å². The third-order valence-electron chi connectivity index (χ3n) is 2.45. The van der Waals surface area contributed by atoms with Crippen molar-refractivity contribution in [1.29, 1.82) is 0 Å². The summed E-state index contributed by atoms with van der Waals surface area (Å²) in [5.41, 5.74) is 1.41. The Morgan fingerprint density at radius 3 is 2.37 bits per heavy atom. The van der Waals surface area contributed by atoms with Crippen LogP contribution in [0, 0.1) is 13.8 Å². The van der Waals surface area contributed by atoms with Gasteiger partial charge in [0.05, 0.1) is 17.7 Å². The summed E-state index contributed by atoms with van der Waals surface area (Å²) in [6, 6.07) is 1.67. The summed E-state index contributed by atoms with van der Waals surface area (Å²) < 4.78 is 0. The van der Waals surface area contributed by atoms with Gasteiger partial charge in [-0.2, -0.15) is 0 Å². The third-order valence-corrected chi connectivity index (χ3v) is 2.45. The van der Waals surface area contributed by atoms with Gasteiger partial charge in [0.25, 0.3) is 5.91 Å². The molecule has 0 aliphatic carbocycles. The first-order chi connectivity index (χ1) is 8.81. The number of hydrogen-bond acceptors (Lipinski definition) is 4. The zero-order valence-electron chi connectivity index (χ0n) is 10.5. The number of pyridine rings is 1. The van der Waals surface area contributed by atoms with Crippen molar-refractivity contribution in [2.75, 3.05) is 0 Å². The molecule has 102 valence electrons. The van der Waals surface area contributed by atoms with Crippen LogP contribution in [0.2, 0.25) is 0 Å². The number of aromatic nitrogens is 1. The van der Waals surface area contributed by atoms with Crippen molar-refractivity contribution in [2.45, 2.75) is 26.3 Å². The number of aliphatic carboxylic acids is 2. The predicted molar refractivity (Wildman–Crippen MR) is 64.9 cm³/mol. The lowest BCUT2D eigenvalue weighted by Gasteiger charge is -2.13. The number of nitrogens with one attached hydrogen (secondary N) is 1. The molecule has 1 rings (SSSR count). The van der Waals surface area contributed by atoms with Crippen LogP contribution in [0.4, 0.5) is 0 Å². The van der Waals surface area contributed by atoms with Crippen molar-refractivity contribution in [1.82, 2.24) is 10.3 Å². The Morgan fingerprint density at radius 1 is 1.26 bits per heavy atom. The van der Waals surface area contributed by atoms with Crippen LogP contribution in [0.3, 0.4) is 0 Å². The lowest BCUT2D eigenvalue weighted by atomic mass is 10.1. The van der Waals surface area contributed by atoms with Gasteiger partial charge in [-0.25, -0.2) is 4.79 Å². The maximum Gasteiger partial charge on any atom is 0.326 e. The van der Waals surface area contributed by atoms with Crippen molar-refractivity contribution in [3.8, 4) is 0 Å². The van der Waals surface area contributed by atoms with Gasteiger partial charge in [0.2, 0.25) is 0 Å². The second kappa shape index (κ2) is 5.94. The molecule has 0 aromatic carbocycles. The van der Waals surface area contributed by atoms with E-state index < -0.39 is 30.3 Å². The Hall–Kier alpha value is -2.44. The molecule has 19 heavy (non-hydrogen) atoms. The molecule has 3 N–H and O–H groups in total. The predicted octanol–water partition coefficient (Wildman–Crippen LogP) is 0.356. The highest BCUT2D eigenvalue weighted by Crippen LogP contribution is 2.07. The van der Waals surface area contributed by atoms with Gasteiger partial charge in [0.1, 0.15) is 6.04 Å². The van der Waals surface area contributed by atoms with E-state index >= 15 is 0 Å². The molecule has 0 bridgehead atoms. The zero-order chi connectivity index (χ0) is 14.6. The summed E-state index contributed by atoms with van der Waals surface area (Å²) in [6.07, 6.45) is -0.681. The summed E-state index contributed by atoms with van der Waals surface area (Å²) >= 11 is 0. The minimum Gasteiger partial charge on any atom is -0.481 e. The highest BCUT2D eigenvalue weighted by atomic mass is 16.4. The molecular weight excluding hydrogens is 252 g/mol. The summed E-state index contributed by atoms with van der Waals surface area (Å²) in [5, 5.41) is 19.6. The van der Waals surface area contributed by atoms with Crippen molar-refractivity contribution in [3.63, 3.8) is 0 Å². The molecular formula is C12H14N2O5. The molecule has 1 aromatic heterocycles. The van der Waals surface area contributed by atoms with Crippen LogP contribution >= 0.6 is 0 Å². The molecule has 0 aliphatic rings. The van der Waals surface area contributed by atoms with E-state index in [1.807, 2.05) is 0 Å². The number of hydrogen-bond donors (Lipinski definition) is 3. The number of carboxylic acids is 2. The smallest absolute Gasteiger partial charge is 0.326 e. The lowest BCUT2D eigenvalue weighted by Crippen LogP contribution is -2.42. The number of amides is 1. The molecule has 1 atom stereocenters. The fourth-order valence-corrected chi connectivity index (χ4v) is 1.54. The standard InChI is InChI=1S/C12H14N2O5/c1-6-3-4-8(7(2)13-6)11(17)14-9(12(18)19)5-10(15)16/h3-4,9H,5H2,1-2H3,(H,14,17)(H,15,16)(H,18,19). The molecule has 7 nitrogen and oxygen atoms in total. The molecule has 1 aromatic rings. The van der Waals surface area contributed by atoms with E-state index in [4.69, 9.17) is 10.2 Å². The molecule has 0 fully saturated rings. The number of nitrogens with zero attached hydrogens (tertiary/aromatic N) is 1. The molecule has 1 unspecified atom stereocenters. The van der Waals surface area contributed by atoms with Gasteiger partial charge < -0.3 is 15.5 Å². The van der Waals surface area contributed by atoms with Crippen molar-refractivity contribution < 1.29 is 24.6 Å². The van der Waals surface area contributed by atoms with Gasteiger partial charge in [-0.1, -0.05) is 0 Å². The summed E-state index contributed by atoms with van der Waals surface area (Å²) in [5.74, 6) is -3.35. The molecule has 7 heteroatoms. The number of carbonyl (C=O) groups excluding carboxylic acids is 1. The van der Waals surface area contributed by atoms with Crippen molar-refractivity contribution >= 4 is 17.8 Å². The van der Waals surface area contributed by atoms with Crippen LogP contribution in [0.1, 0.15) is 28.2 Å². The van der Waals surface area contributed by atoms with Gasteiger partial charge in [0, 0.05) is 5.69 Å². The largest absolute Gasteiger partial charge is 0.481 e. The third kappa shape index (κ3) is 4.06. The normalized spacial score (nSPS) is 11.7. The highest BCUT2D eigenvalue weighted by Gasteiger charge is 2.24. The fourth-order valence-electron chi connectivity index (χ4n) is 1.54. The van der Waals surface area contributed by atoms with Gasteiger partial charge in [-0.15, -0.1) is 0 Å². The molecule has 0 aliphatic heterocycles. The van der Waals surface area contributed by atoms with E-state index in [2.05, 4.69) is 10.3 Å². The van der Waals surface area contributed by atoms with Crippen molar-refractivity contribution in [3.05, 3.63) is 29.1 Å². The monoisotopic (exact) mass is 266 g/mol. The first kappa shape index (κ1) is 14.6. The van der Waals surface area contributed by atoms with Crippen LogP contribution in [-0.2, 0) is 9.59 Å². The second-order valence-corrected chi connectivity index (χ2v) is 4.05. The lowest BCUT2D eigenvalue weighted by molar-refractivity contribution is -0.145. The van der Waals surface area contributed by atoms with E-state index in [0.29, 0.717) is 5.69 Å². The van der Waals surface area contributed by atoms with Gasteiger partial charge in [0.15, 0.2) is 0 Å². The number of carboxylic acid groups (broad SMARTS) is 2. The molecule has 0 radical (unpaired) electrons. The number of carbonyl (C=O) groups is 3. The summed E-state index contributed by atoms with van der Waals surface area (Å²) in [7, 11) is 0. The van der Waals surface area contributed by atoms with Crippen LogP contribution in [0.25, 0.3) is 0 Å². The maximum atomic E-state index is 11.9. The molecule has 0 saturated carbocycles. The van der Waals surface area contributed by atoms with Gasteiger partial charge >= 0.3 is 11.9 Å². The first-order valence-electron chi connectivity index (χ1n) is 5.51. The van der Waals surface area contributed by atoms with Gasteiger partial charge in [-0.3, -0.25) is 14.6 Å². The van der Waals surface area contributed by atoms with Crippen LogP contribution in [0.15, 0.2) is 12.1 Å². The summed E-state index contributed by atoms with van der Waals surface area (Å²) in [4.78, 5) is 37.3. The minimum atomic E-state index is -1.47. The van der Waals surface area contributed by atoms with E-state index in [1.54, 1.807) is 19.9 Å². The number of aryl methyl sites for hydroxylation is 2. The van der Waals surface area contributed by atoms with Crippen molar-refractivity contribution in [2.24, 2.45) is 0 Å². The molecule has 1 amide bonds. The topological polar surface area (TPSA) is 117 Å².